The summed E-state index contributed by atoms with van der Waals surface area (Å²) in [6.07, 6.45) is -0.808. The van der Waals surface area contributed by atoms with Crippen LogP contribution in [0.3, 0.4) is 0 Å². The highest BCUT2D eigenvalue weighted by atomic mass is 16.6. The second-order valence-electron chi connectivity index (χ2n) is 3.88. The summed E-state index contributed by atoms with van der Waals surface area (Å²) in [6.45, 7) is 5.33. The van der Waals surface area contributed by atoms with Crippen LogP contribution in [-0.2, 0) is 33.3 Å². The first kappa shape index (κ1) is 21.6. The smallest absolute Gasteiger partial charge is 0.339 e. The van der Waals surface area contributed by atoms with Gasteiger partial charge in [0.15, 0.2) is 5.60 Å². The summed E-state index contributed by atoms with van der Waals surface area (Å²) >= 11 is 0. The molecule has 0 amide bonds. The van der Waals surface area contributed by atoms with Crippen LogP contribution in [0.5, 0.6) is 0 Å². The second-order valence-corrected chi connectivity index (χ2v) is 3.88. The Morgan fingerprint density at radius 2 is 1.38 bits per heavy atom. The topological polar surface area (TPSA) is 123 Å². The Kier molecular flexibility index (Phi) is 11.4. The molecule has 8 heteroatoms. The summed E-state index contributed by atoms with van der Waals surface area (Å²) < 4.78 is 19.6. The average Bonchev–Trinajstić information content (AvgIpc) is 2.39. The van der Waals surface area contributed by atoms with Gasteiger partial charge in [-0.2, -0.15) is 0 Å². The van der Waals surface area contributed by atoms with Crippen molar-refractivity contribution in [3.63, 3.8) is 0 Å². The van der Waals surface area contributed by atoms with E-state index in [1.165, 1.54) is 7.11 Å². The van der Waals surface area contributed by atoms with Crippen LogP contribution in [0.15, 0.2) is 0 Å². The minimum absolute atomic E-state index is 0. The Hall–Kier alpha value is -1.67. The molecule has 1 atom stereocenters. The zero-order valence-electron chi connectivity index (χ0n) is 13.1. The molecule has 0 aromatic rings. The largest absolute Gasteiger partial charge is 0.469 e. The van der Waals surface area contributed by atoms with Crippen molar-refractivity contribution in [1.82, 2.24) is 6.15 Å². The lowest BCUT2D eigenvalue weighted by atomic mass is 9.95. The normalized spacial score (nSPS) is 12.6. The number of rotatable bonds is 9. The predicted octanol–water partition coefficient (Wildman–Crippen LogP) is 1.00. The van der Waals surface area contributed by atoms with Crippen molar-refractivity contribution in [2.45, 2.75) is 39.2 Å². The quantitative estimate of drug-likeness (QED) is 0.494. The molecule has 3 N–H and O–H groups in total. The lowest BCUT2D eigenvalue weighted by Crippen LogP contribution is -2.47. The molecule has 0 aliphatic carbocycles. The molecule has 0 heterocycles. The maximum atomic E-state index is 12.1. The van der Waals surface area contributed by atoms with Crippen LogP contribution < -0.4 is 6.15 Å². The highest BCUT2D eigenvalue weighted by Crippen LogP contribution is 2.24. The molecule has 0 radical (unpaired) electrons. The summed E-state index contributed by atoms with van der Waals surface area (Å²) in [7, 11) is 1.19. The van der Waals surface area contributed by atoms with Crippen LogP contribution in [-0.4, -0.2) is 50.4 Å². The van der Waals surface area contributed by atoms with Crippen molar-refractivity contribution in [1.29, 1.82) is 0 Å². The fraction of sp³-hybridized carbons (Fsp3) is 0.769. The van der Waals surface area contributed by atoms with Gasteiger partial charge in [0.2, 0.25) is 0 Å². The fourth-order valence-electron chi connectivity index (χ4n) is 1.66. The van der Waals surface area contributed by atoms with E-state index in [0.29, 0.717) is 0 Å². The summed E-state index contributed by atoms with van der Waals surface area (Å²) in [4.78, 5) is 35.2. The van der Waals surface area contributed by atoms with Gasteiger partial charge in [-0.05, 0) is 20.8 Å². The van der Waals surface area contributed by atoms with Gasteiger partial charge in [0.1, 0.15) is 0 Å². The molecule has 0 bridgehead atoms. The van der Waals surface area contributed by atoms with Crippen LogP contribution in [0.4, 0.5) is 0 Å². The second kappa shape index (κ2) is 11.0. The van der Waals surface area contributed by atoms with Gasteiger partial charge in [-0.15, -0.1) is 0 Å². The average molecular weight is 307 g/mol. The molecule has 0 aromatic carbocycles. The van der Waals surface area contributed by atoms with Crippen molar-refractivity contribution >= 4 is 17.9 Å². The molecule has 124 valence electrons. The van der Waals surface area contributed by atoms with E-state index in [4.69, 9.17) is 14.2 Å². The molecule has 0 aromatic heterocycles. The number of hydrogen-bond donors (Lipinski definition) is 1. The van der Waals surface area contributed by atoms with Gasteiger partial charge < -0.3 is 25.1 Å². The molecular weight excluding hydrogens is 282 g/mol. The van der Waals surface area contributed by atoms with Crippen molar-refractivity contribution in [2.24, 2.45) is 0 Å². The zero-order valence-corrected chi connectivity index (χ0v) is 13.1. The van der Waals surface area contributed by atoms with Crippen molar-refractivity contribution in [3.8, 4) is 0 Å². The van der Waals surface area contributed by atoms with Gasteiger partial charge in [-0.1, -0.05) is 0 Å². The number of methoxy groups -OCH3 is 1. The van der Waals surface area contributed by atoms with E-state index in [0.717, 1.165) is 0 Å². The number of carbonyl (C=O) groups is 3. The number of esters is 3. The third-order valence-electron chi connectivity index (χ3n) is 2.46. The molecule has 8 nitrogen and oxygen atoms in total. The van der Waals surface area contributed by atoms with Gasteiger partial charge >= 0.3 is 17.9 Å². The van der Waals surface area contributed by atoms with Gasteiger partial charge in [0.25, 0.3) is 0 Å². The minimum Gasteiger partial charge on any atom is -0.469 e. The zero-order chi connectivity index (χ0) is 15.6. The summed E-state index contributed by atoms with van der Waals surface area (Å²) in [5.74, 6) is -2.09. The van der Waals surface area contributed by atoms with Gasteiger partial charge in [0.05, 0.1) is 33.2 Å². The minimum atomic E-state index is -1.70. The van der Waals surface area contributed by atoms with Crippen molar-refractivity contribution in [2.75, 3.05) is 26.9 Å². The van der Waals surface area contributed by atoms with E-state index in [1.807, 2.05) is 0 Å². The SMILES string of the molecule is CCOC(=O)CC(CC(=O)OC)(OCC)C(=O)OCC.N. The molecule has 0 aliphatic heterocycles. The first-order valence-corrected chi connectivity index (χ1v) is 6.49. The monoisotopic (exact) mass is 307 g/mol. The van der Waals surface area contributed by atoms with E-state index in [9.17, 15) is 14.4 Å². The Balaban J connectivity index is 0. The number of hydrogen-bond acceptors (Lipinski definition) is 8. The van der Waals surface area contributed by atoms with Crippen LogP contribution in [0, 0.1) is 0 Å². The van der Waals surface area contributed by atoms with Crippen LogP contribution in [0.25, 0.3) is 0 Å². The van der Waals surface area contributed by atoms with E-state index in [2.05, 4.69) is 4.74 Å². The first-order valence-electron chi connectivity index (χ1n) is 6.49. The molecule has 0 saturated heterocycles. The van der Waals surface area contributed by atoms with Crippen LogP contribution in [0.1, 0.15) is 33.6 Å². The highest BCUT2D eigenvalue weighted by molar-refractivity contribution is 5.90. The standard InChI is InChI=1S/C13H22O7.H3N/c1-5-18-11(15)9-13(20-7-3,8-10(14)17-4)12(16)19-6-2;/h5-9H2,1-4H3;1H3. The molecule has 0 saturated carbocycles. The molecule has 0 rings (SSSR count). The van der Waals surface area contributed by atoms with Crippen molar-refractivity contribution in [3.05, 3.63) is 0 Å². The molecule has 0 spiro atoms. The maximum absolute atomic E-state index is 12.1. The Bertz CT molecular complexity index is 345. The molecule has 0 fully saturated rings. The summed E-state index contributed by atoms with van der Waals surface area (Å²) in [5, 5.41) is 0. The highest BCUT2D eigenvalue weighted by Gasteiger charge is 2.46. The van der Waals surface area contributed by atoms with E-state index >= 15 is 0 Å². The Morgan fingerprint density at radius 1 is 0.857 bits per heavy atom. The molecule has 1 unspecified atom stereocenters. The molecular formula is C13H25NO7. The maximum Gasteiger partial charge on any atom is 0.339 e. The van der Waals surface area contributed by atoms with E-state index in [-0.39, 0.29) is 26.0 Å². The predicted molar refractivity (Wildman–Crippen MR) is 73.9 cm³/mol. The van der Waals surface area contributed by atoms with Gasteiger partial charge in [-0.3, -0.25) is 9.59 Å². The van der Waals surface area contributed by atoms with Crippen LogP contribution >= 0.6 is 0 Å². The third kappa shape index (κ3) is 7.05. The molecule has 21 heavy (non-hydrogen) atoms. The van der Waals surface area contributed by atoms with Crippen LogP contribution in [0.2, 0.25) is 0 Å². The van der Waals surface area contributed by atoms with E-state index < -0.39 is 36.4 Å². The summed E-state index contributed by atoms with van der Waals surface area (Å²) in [6, 6.07) is 0. The van der Waals surface area contributed by atoms with E-state index in [1.54, 1.807) is 20.8 Å². The number of ether oxygens (including phenoxy) is 4. The fourth-order valence-corrected chi connectivity index (χ4v) is 1.66. The lowest BCUT2D eigenvalue weighted by Gasteiger charge is -2.29. The third-order valence-corrected chi connectivity index (χ3v) is 2.46. The van der Waals surface area contributed by atoms with Crippen molar-refractivity contribution < 1.29 is 33.3 Å². The Labute approximate surface area is 124 Å². The van der Waals surface area contributed by atoms with Gasteiger partial charge in [0, 0.05) is 6.61 Å². The summed E-state index contributed by atoms with van der Waals surface area (Å²) in [5.41, 5.74) is -1.70. The first-order chi connectivity index (χ1) is 9.45. The Morgan fingerprint density at radius 3 is 1.81 bits per heavy atom. The number of carbonyl (C=O) groups excluding carboxylic acids is 3. The van der Waals surface area contributed by atoms with Gasteiger partial charge in [-0.25, -0.2) is 4.79 Å². The lowest BCUT2D eigenvalue weighted by molar-refractivity contribution is -0.184. The molecule has 0 aliphatic rings.